The molecule has 2 aromatic rings. The second kappa shape index (κ2) is 9.41. The van der Waals surface area contributed by atoms with Crippen molar-refractivity contribution >= 4 is 17.6 Å². The normalized spacial score (nSPS) is 16.0. The van der Waals surface area contributed by atoms with E-state index < -0.39 is 5.82 Å². The van der Waals surface area contributed by atoms with Crippen LogP contribution in [-0.4, -0.2) is 53.6 Å². The van der Waals surface area contributed by atoms with Crippen LogP contribution in [0.25, 0.3) is 0 Å². The first-order valence-corrected chi connectivity index (χ1v) is 11.0. The molecule has 0 atom stereocenters. The van der Waals surface area contributed by atoms with Crippen molar-refractivity contribution in [1.29, 1.82) is 0 Å². The highest BCUT2D eigenvalue weighted by molar-refractivity contribution is 5.98. The fraction of sp³-hybridized carbons (Fsp3) is 0.400. The van der Waals surface area contributed by atoms with Crippen molar-refractivity contribution in [2.45, 2.75) is 38.5 Å². The van der Waals surface area contributed by atoms with Crippen molar-refractivity contribution in [2.75, 3.05) is 26.2 Å². The Morgan fingerprint density at radius 2 is 1.55 bits per heavy atom. The third-order valence-electron chi connectivity index (χ3n) is 6.23. The molecule has 0 radical (unpaired) electrons. The quantitative estimate of drug-likeness (QED) is 0.691. The Balaban J connectivity index is 1.30. The summed E-state index contributed by atoms with van der Waals surface area (Å²) in [6, 6.07) is 11.8. The van der Waals surface area contributed by atoms with Gasteiger partial charge in [-0.2, -0.15) is 0 Å². The number of ketones is 1. The van der Waals surface area contributed by atoms with E-state index in [4.69, 9.17) is 0 Å². The summed E-state index contributed by atoms with van der Waals surface area (Å²) in [5, 5.41) is 0. The second-order valence-corrected chi connectivity index (χ2v) is 8.27. The first-order chi connectivity index (χ1) is 15.0. The lowest BCUT2D eigenvalue weighted by Crippen LogP contribution is -2.37. The number of aryl methyl sites for hydroxylation is 2. The summed E-state index contributed by atoms with van der Waals surface area (Å²) in [6.07, 6.45) is 4.21. The summed E-state index contributed by atoms with van der Waals surface area (Å²) in [5.41, 5.74) is 3.32. The first-order valence-electron chi connectivity index (χ1n) is 11.0. The van der Waals surface area contributed by atoms with Crippen molar-refractivity contribution in [3.05, 3.63) is 70.5 Å². The predicted octanol–water partition coefficient (Wildman–Crippen LogP) is 3.65. The maximum Gasteiger partial charge on any atom is 0.256 e. The predicted molar refractivity (Wildman–Crippen MR) is 116 cm³/mol. The lowest BCUT2D eigenvalue weighted by molar-refractivity contribution is -0.131. The SMILES string of the molecule is O=C(CCC(=O)N1CCCN(C(=O)c2ccccc2F)CC1)c1ccc2c(c1)CCC2. The molecule has 0 aromatic heterocycles. The summed E-state index contributed by atoms with van der Waals surface area (Å²) < 4.78 is 13.9. The van der Waals surface area contributed by atoms with Crippen LogP contribution in [0.4, 0.5) is 4.39 Å². The smallest absolute Gasteiger partial charge is 0.256 e. The molecule has 4 rings (SSSR count). The van der Waals surface area contributed by atoms with Gasteiger partial charge in [-0.25, -0.2) is 4.39 Å². The van der Waals surface area contributed by atoms with Crippen molar-refractivity contribution in [2.24, 2.45) is 0 Å². The van der Waals surface area contributed by atoms with Gasteiger partial charge < -0.3 is 9.80 Å². The average molecular weight is 423 g/mol. The van der Waals surface area contributed by atoms with Crippen LogP contribution in [0.1, 0.15) is 57.5 Å². The van der Waals surface area contributed by atoms with E-state index in [0.717, 1.165) is 19.3 Å². The maximum absolute atomic E-state index is 13.9. The molecule has 2 amide bonds. The highest BCUT2D eigenvalue weighted by Crippen LogP contribution is 2.23. The molecule has 31 heavy (non-hydrogen) atoms. The van der Waals surface area contributed by atoms with Crippen LogP contribution in [-0.2, 0) is 17.6 Å². The number of hydrogen-bond donors (Lipinski definition) is 0. The standard InChI is InChI=1S/C25H27FN2O3/c26-22-8-2-1-7-21(22)25(31)28-14-4-13-27(15-16-28)24(30)12-11-23(29)20-10-9-18-5-3-6-19(18)17-20/h1-2,7-10,17H,3-6,11-16H2. The molecule has 162 valence electrons. The second-order valence-electron chi connectivity index (χ2n) is 8.27. The van der Waals surface area contributed by atoms with Crippen molar-refractivity contribution < 1.29 is 18.8 Å². The van der Waals surface area contributed by atoms with E-state index >= 15 is 0 Å². The van der Waals surface area contributed by atoms with Gasteiger partial charge in [0.1, 0.15) is 5.82 Å². The molecule has 0 N–H and O–H groups in total. The number of fused-ring (bicyclic) bond motifs is 1. The molecule has 5 nitrogen and oxygen atoms in total. The Bertz CT molecular complexity index is 1000. The summed E-state index contributed by atoms with van der Waals surface area (Å²) in [6.45, 7) is 1.77. The maximum atomic E-state index is 13.9. The van der Waals surface area contributed by atoms with Gasteiger partial charge in [0.2, 0.25) is 5.91 Å². The summed E-state index contributed by atoms with van der Waals surface area (Å²) in [5.74, 6) is -0.960. The zero-order valence-electron chi connectivity index (χ0n) is 17.6. The number of rotatable bonds is 5. The lowest BCUT2D eigenvalue weighted by atomic mass is 10.0. The number of carbonyl (C=O) groups excluding carboxylic acids is 3. The van der Waals surface area contributed by atoms with E-state index in [1.807, 2.05) is 18.2 Å². The van der Waals surface area contributed by atoms with Gasteiger partial charge in [-0.1, -0.05) is 24.3 Å². The fourth-order valence-electron chi connectivity index (χ4n) is 4.44. The molecule has 1 saturated heterocycles. The molecule has 2 aromatic carbocycles. The van der Waals surface area contributed by atoms with Crippen LogP contribution in [0, 0.1) is 5.82 Å². The Morgan fingerprint density at radius 3 is 2.39 bits per heavy atom. The molecule has 1 aliphatic heterocycles. The van der Waals surface area contributed by atoms with Crippen LogP contribution in [0.5, 0.6) is 0 Å². The highest BCUT2D eigenvalue weighted by Gasteiger charge is 2.24. The zero-order valence-corrected chi connectivity index (χ0v) is 17.6. The summed E-state index contributed by atoms with van der Waals surface area (Å²) in [7, 11) is 0. The monoisotopic (exact) mass is 422 g/mol. The molecule has 1 heterocycles. The highest BCUT2D eigenvalue weighted by atomic mass is 19.1. The van der Waals surface area contributed by atoms with Crippen LogP contribution >= 0.6 is 0 Å². The van der Waals surface area contributed by atoms with Crippen LogP contribution in [0.2, 0.25) is 0 Å². The van der Waals surface area contributed by atoms with Gasteiger partial charge in [-0.05, 0) is 55.0 Å². The zero-order chi connectivity index (χ0) is 21.8. The molecule has 0 bridgehead atoms. The number of benzene rings is 2. The number of nitrogens with zero attached hydrogens (tertiary/aromatic N) is 2. The van der Waals surface area contributed by atoms with Gasteiger partial charge in [0, 0.05) is 44.6 Å². The summed E-state index contributed by atoms with van der Waals surface area (Å²) >= 11 is 0. The molecule has 0 saturated carbocycles. The number of hydrogen-bond acceptors (Lipinski definition) is 3. The lowest BCUT2D eigenvalue weighted by Gasteiger charge is -2.22. The van der Waals surface area contributed by atoms with E-state index in [1.54, 1.807) is 21.9 Å². The third kappa shape index (κ3) is 4.84. The van der Waals surface area contributed by atoms with Crippen molar-refractivity contribution in [1.82, 2.24) is 9.80 Å². The Kier molecular flexibility index (Phi) is 6.44. The van der Waals surface area contributed by atoms with Crippen LogP contribution < -0.4 is 0 Å². The Hall–Kier alpha value is -3.02. The van der Waals surface area contributed by atoms with E-state index in [1.165, 1.54) is 23.3 Å². The van der Waals surface area contributed by atoms with Gasteiger partial charge in [-0.3, -0.25) is 14.4 Å². The minimum atomic E-state index is -0.533. The molecule has 2 aliphatic rings. The third-order valence-corrected chi connectivity index (χ3v) is 6.23. The first kappa shape index (κ1) is 21.2. The van der Waals surface area contributed by atoms with E-state index in [2.05, 4.69) is 0 Å². The van der Waals surface area contributed by atoms with Gasteiger partial charge in [0.05, 0.1) is 5.56 Å². The van der Waals surface area contributed by atoms with Crippen LogP contribution in [0.3, 0.4) is 0 Å². The summed E-state index contributed by atoms with van der Waals surface area (Å²) in [4.78, 5) is 41.2. The van der Waals surface area contributed by atoms with Gasteiger partial charge in [0.15, 0.2) is 5.78 Å². The van der Waals surface area contributed by atoms with Crippen LogP contribution in [0.15, 0.2) is 42.5 Å². The minimum Gasteiger partial charge on any atom is -0.341 e. The van der Waals surface area contributed by atoms with Crippen molar-refractivity contribution in [3.63, 3.8) is 0 Å². The molecule has 6 heteroatoms. The van der Waals surface area contributed by atoms with E-state index in [-0.39, 0.29) is 36.0 Å². The Morgan fingerprint density at radius 1 is 0.806 bits per heavy atom. The number of amides is 2. The molecule has 1 fully saturated rings. The largest absolute Gasteiger partial charge is 0.341 e. The number of Topliss-reactive ketones (excluding diaryl/α,β-unsaturated/α-hetero) is 1. The molecule has 0 unspecified atom stereocenters. The molecule has 1 aliphatic carbocycles. The number of carbonyl (C=O) groups is 3. The molecular formula is C25H27FN2O3. The molecule has 0 spiro atoms. The van der Waals surface area contributed by atoms with Gasteiger partial charge in [0.25, 0.3) is 5.91 Å². The average Bonchev–Trinajstić information content (AvgIpc) is 3.11. The fourth-order valence-corrected chi connectivity index (χ4v) is 4.44. The van der Waals surface area contributed by atoms with Gasteiger partial charge >= 0.3 is 0 Å². The topological polar surface area (TPSA) is 57.7 Å². The number of halogens is 1. The van der Waals surface area contributed by atoms with Crippen molar-refractivity contribution in [3.8, 4) is 0 Å². The molecular weight excluding hydrogens is 395 g/mol. The van der Waals surface area contributed by atoms with Gasteiger partial charge in [-0.15, -0.1) is 0 Å². The Labute approximate surface area is 181 Å². The minimum absolute atomic E-state index is 0.00534. The van der Waals surface area contributed by atoms with E-state index in [9.17, 15) is 18.8 Å². The van der Waals surface area contributed by atoms with E-state index in [0.29, 0.717) is 38.2 Å².